The van der Waals surface area contributed by atoms with Gasteiger partial charge in [0.25, 0.3) is 0 Å². The molecule has 0 aromatic heterocycles. The number of piperazine rings is 1. The second-order valence-electron chi connectivity index (χ2n) is 6.50. The Hall–Kier alpha value is -1.70. The molecule has 0 radical (unpaired) electrons. The van der Waals surface area contributed by atoms with E-state index in [4.69, 9.17) is 16.3 Å². The Morgan fingerprint density at radius 1 is 1.50 bits per heavy atom. The maximum atomic E-state index is 13.6. The van der Waals surface area contributed by atoms with E-state index in [0.29, 0.717) is 38.3 Å². The Bertz CT molecular complexity index is 642. The summed E-state index contributed by atoms with van der Waals surface area (Å²) in [4.78, 5) is 26.2. The fraction of sp³-hybridized carbons (Fsp3) is 0.556. The van der Waals surface area contributed by atoms with Gasteiger partial charge >= 0.3 is 0 Å². The number of hydrogen-bond donors (Lipinski definition) is 2. The van der Waals surface area contributed by atoms with Crippen molar-refractivity contribution in [2.24, 2.45) is 0 Å². The van der Waals surface area contributed by atoms with Gasteiger partial charge in [0, 0.05) is 26.2 Å². The lowest BCUT2D eigenvalue weighted by Gasteiger charge is -2.34. The molecule has 1 aliphatic rings. The first-order chi connectivity index (χ1) is 12.4. The molecular weight excluding hydrogens is 361 g/mol. The van der Waals surface area contributed by atoms with Crippen molar-refractivity contribution in [2.75, 3.05) is 26.2 Å². The minimum absolute atomic E-state index is 0.0452. The summed E-state index contributed by atoms with van der Waals surface area (Å²) in [5.74, 6) is -0.906. The maximum Gasteiger partial charge on any atom is 0.237 e. The molecule has 2 rings (SSSR count). The molecule has 0 saturated carbocycles. The highest BCUT2D eigenvalue weighted by molar-refractivity contribution is 6.30. The Labute approximate surface area is 158 Å². The summed E-state index contributed by atoms with van der Waals surface area (Å²) in [5, 5.41) is 5.59. The van der Waals surface area contributed by atoms with E-state index in [-0.39, 0.29) is 29.4 Å². The third-order valence-corrected chi connectivity index (χ3v) is 4.37. The van der Waals surface area contributed by atoms with Crippen LogP contribution in [0.25, 0.3) is 0 Å². The summed E-state index contributed by atoms with van der Waals surface area (Å²) in [6.45, 7) is 6.12. The highest BCUT2D eigenvalue weighted by Crippen LogP contribution is 2.19. The van der Waals surface area contributed by atoms with E-state index in [1.54, 1.807) is 6.07 Å². The Morgan fingerprint density at radius 3 is 2.96 bits per heavy atom. The number of benzene rings is 1. The zero-order valence-corrected chi connectivity index (χ0v) is 15.8. The Kier molecular flexibility index (Phi) is 7.81. The molecule has 1 atom stereocenters. The number of ether oxygens (including phenoxy) is 1. The molecule has 1 aromatic rings. The number of halogens is 2. The van der Waals surface area contributed by atoms with Crippen molar-refractivity contribution in [2.45, 2.75) is 39.0 Å². The van der Waals surface area contributed by atoms with Crippen LogP contribution in [0.5, 0.6) is 0 Å². The van der Waals surface area contributed by atoms with Crippen molar-refractivity contribution in [1.29, 1.82) is 0 Å². The fourth-order valence-electron chi connectivity index (χ4n) is 2.78. The smallest absolute Gasteiger partial charge is 0.237 e. The Balaban J connectivity index is 1.93. The maximum absolute atomic E-state index is 13.6. The lowest BCUT2D eigenvalue weighted by Crippen LogP contribution is -2.56. The minimum atomic E-state index is -0.589. The summed E-state index contributed by atoms with van der Waals surface area (Å²) in [7, 11) is 0. The van der Waals surface area contributed by atoms with E-state index in [9.17, 15) is 14.0 Å². The van der Waals surface area contributed by atoms with Gasteiger partial charge in [-0.3, -0.25) is 14.5 Å². The molecule has 2 amide bonds. The lowest BCUT2D eigenvalue weighted by atomic mass is 10.1. The SMILES string of the molecule is CC(C)OCCNC(=O)CC1C(=O)NCCN1Cc1ccc(Cl)c(F)c1. The van der Waals surface area contributed by atoms with Gasteiger partial charge in [-0.15, -0.1) is 0 Å². The highest BCUT2D eigenvalue weighted by atomic mass is 35.5. The second-order valence-corrected chi connectivity index (χ2v) is 6.91. The first kappa shape index (κ1) is 20.6. The van der Waals surface area contributed by atoms with Gasteiger partial charge in [-0.1, -0.05) is 17.7 Å². The molecule has 1 aromatic carbocycles. The molecule has 0 aliphatic carbocycles. The molecule has 0 bridgehead atoms. The first-order valence-corrected chi connectivity index (χ1v) is 9.08. The normalized spacial score (nSPS) is 18.0. The van der Waals surface area contributed by atoms with E-state index in [2.05, 4.69) is 10.6 Å². The number of amides is 2. The van der Waals surface area contributed by atoms with E-state index in [1.807, 2.05) is 18.7 Å². The van der Waals surface area contributed by atoms with Crippen LogP contribution < -0.4 is 10.6 Å². The summed E-state index contributed by atoms with van der Waals surface area (Å²) in [6.07, 6.45) is 0.148. The van der Waals surface area contributed by atoms with E-state index >= 15 is 0 Å². The third-order valence-electron chi connectivity index (χ3n) is 4.07. The number of hydrogen-bond acceptors (Lipinski definition) is 4. The second kappa shape index (κ2) is 9.85. The summed E-state index contributed by atoms with van der Waals surface area (Å²) in [5.41, 5.74) is 0.706. The number of nitrogens with one attached hydrogen (secondary N) is 2. The largest absolute Gasteiger partial charge is 0.377 e. The van der Waals surface area contributed by atoms with Crippen LogP contribution in [0.2, 0.25) is 5.02 Å². The quantitative estimate of drug-likeness (QED) is 0.668. The van der Waals surface area contributed by atoms with Gasteiger partial charge in [-0.2, -0.15) is 0 Å². The van der Waals surface area contributed by atoms with Crippen molar-refractivity contribution in [3.63, 3.8) is 0 Å². The van der Waals surface area contributed by atoms with Crippen LogP contribution >= 0.6 is 11.6 Å². The van der Waals surface area contributed by atoms with Crippen LogP contribution in [0.15, 0.2) is 18.2 Å². The zero-order chi connectivity index (χ0) is 19.1. The van der Waals surface area contributed by atoms with Crippen molar-refractivity contribution in [1.82, 2.24) is 15.5 Å². The zero-order valence-electron chi connectivity index (χ0n) is 15.1. The van der Waals surface area contributed by atoms with Crippen molar-refractivity contribution in [3.05, 3.63) is 34.6 Å². The molecule has 1 saturated heterocycles. The molecule has 1 heterocycles. The topological polar surface area (TPSA) is 70.7 Å². The molecular formula is C18H25ClFN3O3. The number of nitrogens with zero attached hydrogens (tertiary/aromatic N) is 1. The molecule has 144 valence electrons. The first-order valence-electron chi connectivity index (χ1n) is 8.71. The van der Waals surface area contributed by atoms with E-state index in [0.717, 1.165) is 0 Å². The number of rotatable bonds is 8. The van der Waals surface area contributed by atoms with Crippen molar-refractivity contribution in [3.8, 4) is 0 Å². The van der Waals surface area contributed by atoms with Gasteiger partial charge in [0.05, 0.1) is 30.2 Å². The van der Waals surface area contributed by atoms with Crippen molar-refractivity contribution < 1.29 is 18.7 Å². The molecule has 26 heavy (non-hydrogen) atoms. The summed E-state index contributed by atoms with van der Waals surface area (Å²) >= 11 is 5.71. The monoisotopic (exact) mass is 385 g/mol. The van der Waals surface area contributed by atoms with Crippen LogP contribution in [0.1, 0.15) is 25.8 Å². The van der Waals surface area contributed by atoms with E-state index in [1.165, 1.54) is 12.1 Å². The molecule has 2 N–H and O–H groups in total. The lowest BCUT2D eigenvalue weighted by molar-refractivity contribution is -0.134. The highest BCUT2D eigenvalue weighted by Gasteiger charge is 2.31. The molecule has 1 fully saturated rings. The third kappa shape index (κ3) is 6.23. The fourth-order valence-corrected chi connectivity index (χ4v) is 2.90. The predicted molar refractivity (Wildman–Crippen MR) is 97.3 cm³/mol. The van der Waals surface area contributed by atoms with Crippen LogP contribution in [0.4, 0.5) is 4.39 Å². The van der Waals surface area contributed by atoms with Gasteiger partial charge in [0.2, 0.25) is 11.8 Å². The molecule has 0 spiro atoms. The van der Waals surface area contributed by atoms with E-state index < -0.39 is 11.9 Å². The van der Waals surface area contributed by atoms with Gasteiger partial charge in [-0.05, 0) is 31.5 Å². The average Bonchev–Trinajstić information content (AvgIpc) is 2.58. The van der Waals surface area contributed by atoms with Gasteiger partial charge in [-0.25, -0.2) is 4.39 Å². The Morgan fingerprint density at radius 2 is 2.27 bits per heavy atom. The van der Waals surface area contributed by atoms with Crippen molar-refractivity contribution >= 4 is 23.4 Å². The number of carbonyl (C=O) groups excluding carboxylic acids is 2. The summed E-state index contributed by atoms with van der Waals surface area (Å²) in [6, 6.07) is 3.98. The van der Waals surface area contributed by atoms with Crippen LogP contribution in [-0.2, 0) is 20.9 Å². The van der Waals surface area contributed by atoms with Gasteiger partial charge in [0.1, 0.15) is 5.82 Å². The summed E-state index contributed by atoms with van der Waals surface area (Å²) < 4.78 is 19.0. The average molecular weight is 386 g/mol. The molecule has 1 aliphatic heterocycles. The predicted octanol–water partition coefficient (Wildman–Crippen LogP) is 1.71. The van der Waals surface area contributed by atoms with Gasteiger partial charge < -0.3 is 15.4 Å². The molecule has 8 heteroatoms. The number of carbonyl (C=O) groups is 2. The van der Waals surface area contributed by atoms with Crippen LogP contribution in [-0.4, -0.2) is 55.1 Å². The molecule has 1 unspecified atom stereocenters. The molecule has 6 nitrogen and oxygen atoms in total. The standard InChI is InChI=1S/C18H25ClFN3O3/c1-12(2)26-8-6-21-17(24)10-16-18(25)22-5-7-23(16)11-13-3-4-14(19)15(20)9-13/h3-4,9,12,16H,5-8,10-11H2,1-2H3,(H,21,24)(H,22,25). The van der Waals surface area contributed by atoms with Crippen LogP contribution in [0.3, 0.4) is 0 Å². The van der Waals surface area contributed by atoms with Crippen LogP contribution in [0, 0.1) is 5.82 Å². The van der Waals surface area contributed by atoms with Gasteiger partial charge in [0.15, 0.2) is 0 Å². The minimum Gasteiger partial charge on any atom is -0.377 e.